The molecule has 0 saturated carbocycles. The normalized spacial score (nSPS) is 16.7. The van der Waals surface area contributed by atoms with E-state index in [4.69, 9.17) is 18.9 Å². The average molecular weight is 423 g/mol. The van der Waals surface area contributed by atoms with Crippen LogP contribution in [0, 0.1) is 23.7 Å². The number of carbonyl (C=O) groups excluding carboxylic acids is 1. The highest BCUT2D eigenvalue weighted by molar-refractivity contribution is 5.71. The van der Waals surface area contributed by atoms with Gasteiger partial charge in [-0.15, -0.1) is 0 Å². The molecule has 1 rings (SSSR count). The summed E-state index contributed by atoms with van der Waals surface area (Å²) in [6.45, 7) is 11.6. The Morgan fingerprint density at radius 3 is 2.10 bits per heavy atom. The van der Waals surface area contributed by atoms with Crippen LogP contribution in [0.5, 0.6) is 0 Å². The summed E-state index contributed by atoms with van der Waals surface area (Å²) in [6.07, 6.45) is 2.72. The van der Waals surface area contributed by atoms with E-state index in [0.717, 1.165) is 19.3 Å². The Bertz CT molecular complexity index is 574. The SMILES string of the molecule is COCO[C@H](C[C@H](OCc1ccccc1)C(C)C)[C@H](C)C[C@H](C)C[C@H](C)C(=O)OC. The maximum Gasteiger partial charge on any atom is 0.308 e. The predicted molar refractivity (Wildman–Crippen MR) is 120 cm³/mol. The Hall–Kier alpha value is -1.43. The molecule has 5 atom stereocenters. The topological polar surface area (TPSA) is 54.0 Å². The lowest BCUT2D eigenvalue weighted by Gasteiger charge is -2.31. The molecule has 0 amide bonds. The molecule has 0 aliphatic carbocycles. The van der Waals surface area contributed by atoms with Crippen LogP contribution in [0.15, 0.2) is 30.3 Å². The minimum absolute atomic E-state index is 0.0315. The second-order valence-corrected chi connectivity index (χ2v) is 8.90. The van der Waals surface area contributed by atoms with E-state index in [1.807, 2.05) is 25.1 Å². The molecular weight excluding hydrogens is 380 g/mol. The summed E-state index contributed by atoms with van der Waals surface area (Å²) in [4.78, 5) is 11.7. The first-order valence-corrected chi connectivity index (χ1v) is 11.1. The van der Waals surface area contributed by atoms with Gasteiger partial charge in [-0.3, -0.25) is 4.79 Å². The molecule has 172 valence electrons. The van der Waals surface area contributed by atoms with Crippen LogP contribution < -0.4 is 0 Å². The summed E-state index contributed by atoms with van der Waals surface area (Å²) in [5, 5.41) is 0. The number of ether oxygens (including phenoxy) is 4. The van der Waals surface area contributed by atoms with E-state index in [1.165, 1.54) is 12.7 Å². The fourth-order valence-electron chi connectivity index (χ4n) is 3.94. The van der Waals surface area contributed by atoms with Crippen molar-refractivity contribution in [1.29, 1.82) is 0 Å². The minimum Gasteiger partial charge on any atom is -0.469 e. The molecular formula is C25H42O5. The van der Waals surface area contributed by atoms with Gasteiger partial charge in [0.25, 0.3) is 0 Å². The third kappa shape index (κ3) is 10.1. The zero-order valence-corrected chi connectivity index (χ0v) is 19.9. The summed E-state index contributed by atoms with van der Waals surface area (Å²) in [7, 11) is 3.09. The summed E-state index contributed by atoms with van der Waals surface area (Å²) in [5.74, 6) is 0.863. The molecule has 0 saturated heterocycles. The van der Waals surface area contributed by atoms with E-state index < -0.39 is 0 Å². The van der Waals surface area contributed by atoms with Crippen LogP contribution in [0.25, 0.3) is 0 Å². The Kier molecular flexibility index (Phi) is 12.9. The molecule has 1 aromatic rings. The second-order valence-electron chi connectivity index (χ2n) is 8.90. The van der Waals surface area contributed by atoms with Gasteiger partial charge in [0.05, 0.1) is 31.8 Å². The molecule has 30 heavy (non-hydrogen) atoms. The highest BCUT2D eigenvalue weighted by atomic mass is 16.7. The van der Waals surface area contributed by atoms with Gasteiger partial charge in [0.15, 0.2) is 0 Å². The van der Waals surface area contributed by atoms with Crippen molar-refractivity contribution < 1.29 is 23.7 Å². The van der Waals surface area contributed by atoms with Crippen molar-refractivity contribution in [3.05, 3.63) is 35.9 Å². The van der Waals surface area contributed by atoms with Gasteiger partial charge >= 0.3 is 5.97 Å². The van der Waals surface area contributed by atoms with Crippen LogP contribution >= 0.6 is 0 Å². The summed E-state index contributed by atoms with van der Waals surface area (Å²) in [5.41, 5.74) is 1.18. The molecule has 0 aliphatic rings. The maximum atomic E-state index is 11.7. The Morgan fingerprint density at radius 2 is 1.53 bits per heavy atom. The zero-order chi connectivity index (χ0) is 22.5. The zero-order valence-electron chi connectivity index (χ0n) is 19.9. The van der Waals surface area contributed by atoms with Gasteiger partial charge in [0.2, 0.25) is 0 Å². The van der Waals surface area contributed by atoms with Crippen molar-refractivity contribution in [2.75, 3.05) is 21.0 Å². The lowest BCUT2D eigenvalue weighted by atomic mass is 9.84. The van der Waals surface area contributed by atoms with Crippen molar-refractivity contribution in [3.63, 3.8) is 0 Å². The van der Waals surface area contributed by atoms with Crippen LogP contribution in [0.1, 0.15) is 59.4 Å². The molecule has 0 aliphatic heterocycles. The monoisotopic (exact) mass is 422 g/mol. The lowest BCUT2D eigenvalue weighted by Crippen LogP contribution is -2.33. The number of benzene rings is 1. The van der Waals surface area contributed by atoms with E-state index in [-0.39, 0.29) is 30.9 Å². The molecule has 0 spiro atoms. The fraction of sp³-hybridized carbons (Fsp3) is 0.720. The molecule has 0 N–H and O–H groups in total. The minimum atomic E-state index is -0.143. The predicted octanol–water partition coefficient (Wildman–Crippen LogP) is 5.47. The van der Waals surface area contributed by atoms with Crippen molar-refractivity contribution in [2.45, 2.75) is 72.7 Å². The van der Waals surface area contributed by atoms with Crippen LogP contribution in [-0.2, 0) is 30.3 Å². The van der Waals surface area contributed by atoms with Gasteiger partial charge in [-0.25, -0.2) is 0 Å². The van der Waals surface area contributed by atoms with Crippen LogP contribution in [0.4, 0.5) is 0 Å². The van der Waals surface area contributed by atoms with Crippen molar-refractivity contribution in [1.82, 2.24) is 0 Å². The number of rotatable bonds is 15. The molecule has 0 radical (unpaired) electrons. The van der Waals surface area contributed by atoms with Gasteiger partial charge in [-0.2, -0.15) is 0 Å². The third-order valence-electron chi connectivity index (χ3n) is 5.68. The van der Waals surface area contributed by atoms with Crippen molar-refractivity contribution in [3.8, 4) is 0 Å². The van der Waals surface area contributed by atoms with Crippen molar-refractivity contribution in [2.24, 2.45) is 23.7 Å². The molecule has 5 nitrogen and oxygen atoms in total. The molecule has 0 bridgehead atoms. The van der Waals surface area contributed by atoms with Crippen LogP contribution in [0.3, 0.4) is 0 Å². The van der Waals surface area contributed by atoms with Crippen LogP contribution in [-0.4, -0.2) is 39.2 Å². The standard InChI is InChI=1S/C25H42O5/c1-18(2)23(29-16-22-11-9-8-10-12-22)15-24(30-17-27-6)20(4)13-19(3)14-21(5)25(26)28-7/h8-12,18-21,23-24H,13-17H2,1-7H3/t19-,20+,21-,23-,24+/m0/s1. The number of hydrogen-bond acceptors (Lipinski definition) is 5. The van der Waals surface area contributed by atoms with Crippen LogP contribution in [0.2, 0.25) is 0 Å². The average Bonchev–Trinajstić information content (AvgIpc) is 2.72. The summed E-state index contributed by atoms with van der Waals surface area (Å²) in [6, 6.07) is 10.3. The number of hydrogen-bond donors (Lipinski definition) is 0. The summed E-state index contributed by atoms with van der Waals surface area (Å²) >= 11 is 0. The largest absolute Gasteiger partial charge is 0.469 e. The molecule has 0 heterocycles. The van der Waals surface area contributed by atoms with Gasteiger partial charge in [0, 0.05) is 13.5 Å². The van der Waals surface area contributed by atoms with Gasteiger partial charge < -0.3 is 18.9 Å². The quantitative estimate of drug-likeness (QED) is 0.277. The first kappa shape index (κ1) is 26.6. The maximum absolute atomic E-state index is 11.7. The molecule has 0 aromatic heterocycles. The number of esters is 1. The molecule has 1 aromatic carbocycles. The van der Waals surface area contributed by atoms with E-state index >= 15 is 0 Å². The van der Waals surface area contributed by atoms with Gasteiger partial charge in [-0.05, 0) is 36.2 Å². The number of carbonyl (C=O) groups is 1. The Labute approximate surface area is 183 Å². The highest BCUT2D eigenvalue weighted by Gasteiger charge is 2.27. The molecule has 0 fully saturated rings. The van der Waals surface area contributed by atoms with Crippen molar-refractivity contribution >= 4 is 5.97 Å². The Balaban J connectivity index is 2.70. The highest BCUT2D eigenvalue weighted by Crippen LogP contribution is 2.28. The summed E-state index contributed by atoms with van der Waals surface area (Å²) < 4.78 is 22.4. The smallest absolute Gasteiger partial charge is 0.308 e. The Morgan fingerprint density at radius 1 is 0.867 bits per heavy atom. The molecule has 0 unspecified atom stereocenters. The second kappa shape index (κ2) is 14.6. The van der Waals surface area contributed by atoms with Gasteiger partial charge in [-0.1, -0.05) is 65.0 Å². The van der Waals surface area contributed by atoms with E-state index in [1.54, 1.807) is 7.11 Å². The van der Waals surface area contributed by atoms with E-state index in [9.17, 15) is 4.79 Å². The fourth-order valence-corrected chi connectivity index (χ4v) is 3.94. The molecule has 5 heteroatoms. The van der Waals surface area contributed by atoms with Gasteiger partial charge in [0.1, 0.15) is 6.79 Å². The van der Waals surface area contributed by atoms with E-state index in [2.05, 4.69) is 39.8 Å². The third-order valence-corrected chi connectivity index (χ3v) is 5.68. The lowest BCUT2D eigenvalue weighted by molar-refractivity contribution is -0.145. The first-order valence-electron chi connectivity index (χ1n) is 11.1. The number of methoxy groups -OCH3 is 2. The van der Waals surface area contributed by atoms with E-state index in [0.29, 0.717) is 24.4 Å². The first-order chi connectivity index (χ1) is 14.3.